The van der Waals surface area contributed by atoms with E-state index in [1.54, 1.807) is 25.1 Å². The number of rotatable bonds is 2. The number of nitrogens with one attached hydrogen (secondary N) is 1. The van der Waals surface area contributed by atoms with Crippen LogP contribution in [0.25, 0.3) is 5.69 Å². The second-order valence-corrected chi connectivity index (χ2v) is 5.56. The van der Waals surface area contributed by atoms with Gasteiger partial charge in [0.25, 0.3) is 5.91 Å². The van der Waals surface area contributed by atoms with E-state index in [2.05, 4.69) is 10.4 Å². The van der Waals surface area contributed by atoms with E-state index < -0.39 is 0 Å². The summed E-state index contributed by atoms with van der Waals surface area (Å²) in [5.74, 6) is -0.405. The first-order valence-corrected chi connectivity index (χ1v) is 7.41. The van der Waals surface area contributed by atoms with Crippen LogP contribution in [-0.2, 0) is 0 Å². The minimum absolute atomic E-state index is 0.0471. The molecular formula is C16H19FN4O. The zero-order valence-electron chi connectivity index (χ0n) is 12.7. The van der Waals surface area contributed by atoms with Crippen molar-refractivity contribution >= 4 is 5.91 Å². The number of carbonyl (C=O) groups is 1. The Balaban J connectivity index is 1.94. The lowest BCUT2D eigenvalue weighted by molar-refractivity contribution is 0.0655. The number of halogens is 1. The molecule has 1 N–H and O–H groups in total. The molecule has 2 heterocycles. The van der Waals surface area contributed by atoms with Gasteiger partial charge in [-0.3, -0.25) is 4.79 Å². The molecule has 2 aromatic rings. The van der Waals surface area contributed by atoms with Crippen molar-refractivity contribution in [2.75, 3.05) is 19.6 Å². The average Bonchev–Trinajstić information content (AvgIpc) is 2.89. The van der Waals surface area contributed by atoms with Crippen molar-refractivity contribution in [3.63, 3.8) is 0 Å². The summed E-state index contributed by atoms with van der Waals surface area (Å²) in [6.45, 7) is 6.05. The molecule has 5 nitrogen and oxygen atoms in total. The van der Waals surface area contributed by atoms with E-state index in [-0.39, 0.29) is 17.8 Å². The summed E-state index contributed by atoms with van der Waals surface area (Å²) in [5.41, 5.74) is 1.53. The van der Waals surface area contributed by atoms with Crippen molar-refractivity contribution in [2.24, 2.45) is 0 Å². The molecule has 0 radical (unpaired) electrons. The first kappa shape index (κ1) is 14.7. The summed E-state index contributed by atoms with van der Waals surface area (Å²) in [4.78, 5) is 14.6. The van der Waals surface area contributed by atoms with Crippen LogP contribution in [0.3, 0.4) is 0 Å². The minimum atomic E-state index is -0.358. The zero-order chi connectivity index (χ0) is 15.7. The third-order valence-corrected chi connectivity index (χ3v) is 4.08. The number of carbonyl (C=O) groups excluding carboxylic acids is 1. The standard InChI is InChI=1S/C16H19FN4O/c1-11-9-18-7-8-20(11)16(22)13-10-19-21(12(13)2)15-6-4-3-5-14(15)17/h3-6,10-11,18H,7-9H2,1-2H3. The number of piperazine rings is 1. The highest BCUT2D eigenvalue weighted by Gasteiger charge is 2.27. The van der Waals surface area contributed by atoms with Crippen LogP contribution in [0.5, 0.6) is 0 Å². The van der Waals surface area contributed by atoms with Gasteiger partial charge in [-0.1, -0.05) is 12.1 Å². The summed E-state index contributed by atoms with van der Waals surface area (Å²) in [7, 11) is 0. The van der Waals surface area contributed by atoms with Gasteiger partial charge in [0.15, 0.2) is 0 Å². The molecule has 1 amide bonds. The lowest BCUT2D eigenvalue weighted by Gasteiger charge is -2.33. The van der Waals surface area contributed by atoms with E-state index >= 15 is 0 Å². The first-order valence-electron chi connectivity index (χ1n) is 7.41. The molecule has 1 fully saturated rings. The lowest BCUT2D eigenvalue weighted by atomic mass is 10.1. The molecule has 116 valence electrons. The fraction of sp³-hybridized carbons (Fsp3) is 0.375. The summed E-state index contributed by atoms with van der Waals surface area (Å²) in [5, 5.41) is 7.46. The van der Waals surface area contributed by atoms with Crippen LogP contribution in [0.2, 0.25) is 0 Å². The quantitative estimate of drug-likeness (QED) is 0.919. The molecule has 1 aliphatic heterocycles. The fourth-order valence-electron chi connectivity index (χ4n) is 2.78. The summed E-state index contributed by atoms with van der Waals surface area (Å²) < 4.78 is 15.4. The number of amides is 1. The Kier molecular flexibility index (Phi) is 3.94. The highest BCUT2D eigenvalue weighted by Crippen LogP contribution is 2.19. The molecule has 0 saturated carbocycles. The molecule has 22 heavy (non-hydrogen) atoms. The Bertz CT molecular complexity index is 697. The summed E-state index contributed by atoms with van der Waals surface area (Å²) in [6, 6.07) is 6.55. The largest absolute Gasteiger partial charge is 0.333 e. The number of nitrogens with zero attached hydrogens (tertiary/aromatic N) is 3. The number of hydrogen-bond donors (Lipinski definition) is 1. The number of para-hydroxylation sites is 1. The van der Waals surface area contributed by atoms with Gasteiger partial charge in [0.05, 0.1) is 17.5 Å². The molecule has 1 aromatic carbocycles. The van der Waals surface area contributed by atoms with E-state index in [9.17, 15) is 9.18 Å². The summed E-state index contributed by atoms with van der Waals surface area (Å²) in [6.07, 6.45) is 1.53. The Labute approximate surface area is 128 Å². The van der Waals surface area contributed by atoms with Crippen molar-refractivity contribution in [1.29, 1.82) is 0 Å². The van der Waals surface area contributed by atoms with Crippen LogP contribution in [-0.4, -0.2) is 46.3 Å². The fourth-order valence-corrected chi connectivity index (χ4v) is 2.78. The van der Waals surface area contributed by atoms with Crippen LogP contribution >= 0.6 is 0 Å². The molecular weight excluding hydrogens is 283 g/mol. The molecule has 1 unspecified atom stereocenters. The van der Waals surface area contributed by atoms with E-state index in [1.807, 2.05) is 11.8 Å². The van der Waals surface area contributed by atoms with Crippen LogP contribution in [0.15, 0.2) is 30.5 Å². The second kappa shape index (κ2) is 5.88. The predicted octanol–water partition coefficient (Wildman–Crippen LogP) is 1.75. The highest BCUT2D eigenvalue weighted by molar-refractivity contribution is 5.95. The number of benzene rings is 1. The molecule has 1 saturated heterocycles. The number of aromatic nitrogens is 2. The second-order valence-electron chi connectivity index (χ2n) is 5.56. The van der Waals surface area contributed by atoms with Crippen molar-refractivity contribution in [2.45, 2.75) is 19.9 Å². The average molecular weight is 302 g/mol. The Morgan fingerprint density at radius 1 is 1.41 bits per heavy atom. The van der Waals surface area contributed by atoms with Crippen molar-refractivity contribution in [3.05, 3.63) is 47.5 Å². The van der Waals surface area contributed by atoms with Crippen LogP contribution in [0.4, 0.5) is 4.39 Å². The third-order valence-electron chi connectivity index (χ3n) is 4.08. The van der Waals surface area contributed by atoms with E-state index in [0.29, 0.717) is 23.5 Å². The lowest BCUT2D eigenvalue weighted by Crippen LogP contribution is -2.52. The molecule has 0 bridgehead atoms. The first-order chi connectivity index (χ1) is 10.6. The SMILES string of the molecule is Cc1c(C(=O)N2CCNCC2C)cnn1-c1ccccc1F. The molecule has 0 aliphatic carbocycles. The maximum absolute atomic E-state index is 13.9. The van der Waals surface area contributed by atoms with E-state index in [1.165, 1.54) is 16.9 Å². The van der Waals surface area contributed by atoms with Gasteiger partial charge in [-0.05, 0) is 26.0 Å². The van der Waals surface area contributed by atoms with Gasteiger partial charge in [0.2, 0.25) is 0 Å². The molecule has 1 aliphatic rings. The molecule has 3 rings (SSSR count). The van der Waals surface area contributed by atoms with E-state index in [0.717, 1.165) is 13.1 Å². The zero-order valence-corrected chi connectivity index (χ0v) is 12.7. The monoisotopic (exact) mass is 302 g/mol. The normalized spacial score (nSPS) is 18.5. The molecule has 0 spiro atoms. The van der Waals surface area contributed by atoms with Gasteiger partial charge in [0, 0.05) is 25.7 Å². The van der Waals surface area contributed by atoms with Crippen LogP contribution < -0.4 is 5.32 Å². The molecule has 1 aromatic heterocycles. The minimum Gasteiger partial charge on any atom is -0.333 e. The predicted molar refractivity (Wildman–Crippen MR) is 81.6 cm³/mol. The van der Waals surface area contributed by atoms with Gasteiger partial charge >= 0.3 is 0 Å². The van der Waals surface area contributed by atoms with Gasteiger partial charge in [-0.15, -0.1) is 0 Å². The smallest absolute Gasteiger partial charge is 0.257 e. The van der Waals surface area contributed by atoms with Gasteiger partial charge < -0.3 is 10.2 Å². The summed E-state index contributed by atoms with van der Waals surface area (Å²) >= 11 is 0. The van der Waals surface area contributed by atoms with Crippen molar-refractivity contribution < 1.29 is 9.18 Å². The Morgan fingerprint density at radius 3 is 2.91 bits per heavy atom. The maximum atomic E-state index is 13.9. The van der Waals surface area contributed by atoms with Gasteiger partial charge in [0.1, 0.15) is 11.5 Å². The van der Waals surface area contributed by atoms with Crippen LogP contribution in [0.1, 0.15) is 23.0 Å². The highest BCUT2D eigenvalue weighted by atomic mass is 19.1. The topological polar surface area (TPSA) is 50.2 Å². The Hall–Kier alpha value is -2.21. The van der Waals surface area contributed by atoms with E-state index in [4.69, 9.17) is 0 Å². The molecule has 1 atom stereocenters. The molecule has 6 heteroatoms. The van der Waals surface area contributed by atoms with Crippen molar-refractivity contribution in [3.8, 4) is 5.69 Å². The van der Waals surface area contributed by atoms with Crippen LogP contribution in [0, 0.1) is 12.7 Å². The maximum Gasteiger partial charge on any atom is 0.257 e. The third kappa shape index (κ3) is 2.50. The van der Waals surface area contributed by atoms with Gasteiger partial charge in [-0.25, -0.2) is 9.07 Å². The number of hydrogen-bond acceptors (Lipinski definition) is 3. The van der Waals surface area contributed by atoms with Gasteiger partial charge in [-0.2, -0.15) is 5.10 Å². The Morgan fingerprint density at radius 2 is 2.18 bits per heavy atom. The van der Waals surface area contributed by atoms with Crippen molar-refractivity contribution in [1.82, 2.24) is 20.0 Å².